The standard InChI is InChI=1S/C11H12N4OS/c1-14-3-2-9(13-14)10(16)6-8-7-15-4-5-17-11(15)12-8/h2-5,7,10,16H,6H2,1H3. The van der Waals surface area contributed by atoms with Crippen molar-refractivity contribution in [1.29, 1.82) is 0 Å². The molecule has 0 spiro atoms. The monoisotopic (exact) mass is 248 g/mol. The molecule has 0 radical (unpaired) electrons. The van der Waals surface area contributed by atoms with Crippen LogP contribution in [0.5, 0.6) is 0 Å². The van der Waals surface area contributed by atoms with Crippen LogP contribution in [0.4, 0.5) is 0 Å². The van der Waals surface area contributed by atoms with E-state index in [0.717, 1.165) is 10.7 Å². The summed E-state index contributed by atoms with van der Waals surface area (Å²) in [5, 5.41) is 16.2. The minimum Gasteiger partial charge on any atom is -0.386 e. The van der Waals surface area contributed by atoms with Gasteiger partial charge in [0.05, 0.1) is 11.4 Å². The van der Waals surface area contributed by atoms with Crippen LogP contribution < -0.4 is 0 Å². The minimum atomic E-state index is -0.596. The van der Waals surface area contributed by atoms with Crippen molar-refractivity contribution in [3.05, 3.63) is 41.4 Å². The number of nitrogens with zero attached hydrogens (tertiary/aromatic N) is 4. The molecular weight excluding hydrogens is 236 g/mol. The van der Waals surface area contributed by atoms with Gasteiger partial charge in [-0.1, -0.05) is 0 Å². The summed E-state index contributed by atoms with van der Waals surface area (Å²) in [7, 11) is 1.84. The predicted molar refractivity (Wildman–Crippen MR) is 64.9 cm³/mol. The van der Waals surface area contributed by atoms with Crippen molar-refractivity contribution in [2.24, 2.45) is 7.05 Å². The number of aliphatic hydroxyl groups is 1. The van der Waals surface area contributed by atoms with Crippen LogP contribution >= 0.6 is 11.3 Å². The van der Waals surface area contributed by atoms with E-state index in [4.69, 9.17) is 0 Å². The molecule has 0 bridgehead atoms. The Hall–Kier alpha value is -1.66. The molecule has 3 aromatic rings. The lowest BCUT2D eigenvalue weighted by molar-refractivity contribution is 0.171. The number of aliphatic hydroxyl groups excluding tert-OH is 1. The van der Waals surface area contributed by atoms with E-state index < -0.39 is 6.10 Å². The zero-order chi connectivity index (χ0) is 11.8. The fourth-order valence-electron chi connectivity index (χ4n) is 1.79. The first-order chi connectivity index (χ1) is 8.22. The van der Waals surface area contributed by atoms with Crippen molar-refractivity contribution in [2.75, 3.05) is 0 Å². The van der Waals surface area contributed by atoms with Crippen LogP contribution in [0.3, 0.4) is 0 Å². The highest BCUT2D eigenvalue weighted by atomic mass is 32.1. The Morgan fingerprint density at radius 1 is 1.47 bits per heavy atom. The SMILES string of the molecule is Cn1ccc(C(O)Cc2cn3ccsc3n2)n1. The molecule has 1 atom stereocenters. The van der Waals surface area contributed by atoms with E-state index in [0.29, 0.717) is 12.1 Å². The zero-order valence-corrected chi connectivity index (χ0v) is 10.1. The first-order valence-electron chi connectivity index (χ1n) is 5.31. The Morgan fingerprint density at radius 3 is 3.06 bits per heavy atom. The van der Waals surface area contributed by atoms with Gasteiger partial charge in [0.25, 0.3) is 0 Å². The van der Waals surface area contributed by atoms with Crippen molar-refractivity contribution >= 4 is 16.3 Å². The molecule has 0 aliphatic heterocycles. The summed E-state index contributed by atoms with van der Waals surface area (Å²) in [6.07, 6.45) is 5.62. The summed E-state index contributed by atoms with van der Waals surface area (Å²) in [6.45, 7) is 0. The lowest BCUT2D eigenvalue weighted by atomic mass is 10.1. The number of hydrogen-bond acceptors (Lipinski definition) is 4. The number of thiazole rings is 1. The van der Waals surface area contributed by atoms with Crippen LogP contribution in [0.1, 0.15) is 17.5 Å². The van der Waals surface area contributed by atoms with Gasteiger partial charge >= 0.3 is 0 Å². The van der Waals surface area contributed by atoms with Gasteiger partial charge in [0.15, 0.2) is 4.96 Å². The second-order valence-electron chi connectivity index (χ2n) is 3.96. The van der Waals surface area contributed by atoms with Gasteiger partial charge in [0.2, 0.25) is 0 Å². The van der Waals surface area contributed by atoms with Gasteiger partial charge in [-0.05, 0) is 6.07 Å². The lowest BCUT2D eigenvalue weighted by Crippen LogP contribution is -2.03. The molecule has 0 saturated carbocycles. The predicted octanol–water partition coefficient (Wildman–Crippen LogP) is 1.41. The van der Waals surface area contributed by atoms with Gasteiger partial charge in [-0.25, -0.2) is 4.98 Å². The molecule has 88 valence electrons. The van der Waals surface area contributed by atoms with E-state index in [-0.39, 0.29) is 0 Å². The maximum Gasteiger partial charge on any atom is 0.193 e. The Balaban J connectivity index is 1.80. The fourth-order valence-corrected chi connectivity index (χ4v) is 2.51. The highest BCUT2D eigenvalue weighted by Gasteiger charge is 2.13. The topological polar surface area (TPSA) is 55.4 Å². The fraction of sp³-hybridized carbons (Fsp3) is 0.273. The van der Waals surface area contributed by atoms with E-state index in [1.807, 2.05) is 41.5 Å². The maximum absolute atomic E-state index is 10.0. The number of fused-ring (bicyclic) bond motifs is 1. The Labute approximate surface area is 102 Å². The van der Waals surface area contributed by atoms with Gasteiger partial charge in [0, 0.05) is 37.4 Å². The van der Waals surface area contributed by atoms with Crippen LogP contribution in [-0.2, 0) is 13.5 Å². The Kier molecular flexibility index (Phi) is 2.45. The molecule has 17 heavy (non-hydrogen) atoms. The summed E-state index contributed by atoms with van der Waals surface area (Å²) >= 11 is 1.59. The first kappa shape index (κ1) is 10.5. The molecule has 0 saturated heterocycles. The third kappa shape index (κ3) is 1.96. The number of imidazole rings is 1. The highest BCUT2D eigenvalue weighted by Crippen LogP contribution is 2.18. The number of rotatable bonds is 3. The molecular formula is C11H12N4OS. The van der Waals surface area contributed by atoms with Gasteiger partial charge in [-0.3, -0.25) is 9.08 Å². The normalized spacial score (nSPS) is 13.3. The van der Waals surface area contributed by atoms with Crippen molar-refractivity contribution in [1.82, 2.24) is 19.2 Å². The quantitative estimate of drug-likeness (QED) is 0.762. The van der Waals surface area contributed by atoms with Crippen molar-refractivity contribution in [3.63, 3.8) is 0 Å². The molecule has 0 aromatic carbocycles. The Morgan fingerprint density at radius 2 is 2.35 bits per heavy atom. The summed E-state index contributed by atoms with van der Waals surface area (Å²) in [5.41, 5.74) is 1.57. The molecule has 5 nitrogen and oxygen atoms in total. The largest absolute Gasteiger partial charge is 0.386 e. The second kappa shape index (κ2) is 3.97. The first-order valence-corrected chi connectivity index (χ1v) is 6.19. The molecule has 0 aliphatic carbocycles. The molecule has 3 rings (SSSR count). The van der Waals surface area contributed by atoms with Crippen LogP contribution in [0.15, 0.2) is 30.0 Å². The summed E-state index contributed by atoms with van der Waals surface area (Å²) in [5.74, 6) is 0. The molecule has 0 aliphatic rings. The van der Waals surface area contributed by atoms with Gasteiger partial charge in [-0.2, -0.15) is 5.10 Å². The highest BCUT2D eigenvalue weighted by molar-refractivity contribution is 7.15. The third-order valence-corrected chi connectivity index (χ3v) is 3.39. The smallest absolute Gasteiger partial charge is 0.193 e. The summed E-state index contributed by atoms with van der Waals surface area (Å²) in [6, 6.07) is 1.82. The number of hydrogen-bond donors (Lipinski definition) is 1. The number of aromatic nitrogens is 4. The van der Waals surface area contributed by atoms with Crippen LogP contribution in [0.25, 0.3) is 4.96 Å². The van der Waals surface area contributed by atoms with E-state index in [1.54, 1.807) is 16.0 Å². The van der Waals surface area contributed by atoms with Crippen LogP contribution in [-0.4, -0.2) is 24.3 Å². The van der Waals surface area contributed by atoms with Gasteiger partial charge < -0.3 is 5.11 Å². The molecule has 0 amide bonds. The third-order valence-electron chi connectivity index (χ3n) is 2.62. The van der Waals surface area contributed by atoms with E-state index in [1.165, 1.54) is 0 Å². The molecule has 3 heterocycles. The average Bonchev–Trinajstić information content (AvgIpc) is 2.92. The lowest BCUT2D eigenvalue weighted by Gasteiger charge is -2.04. The van der Waals surface area contributed by atoms with E-state index in [2.05, 4.69) is 10.1 Å². The van der Waals surface area contributed by atoms with Gasteiger partial charge in [0.1, 0.15) is 6.10 Å². The van der Waals surface area contributed by atoms with Crippen LogP contribution in [0.2, 0.25) is 0 Å². The molecule has 3 aromatic heterocycles. The maximum atomic E-state index is 10.0. The van der Waals surface area contributed by atoms with Crippen molar-refractivity contribution in [3.8, 4) is 0 Å². The van der Waals surface area contributed by atoms with Gasteiger partial charge in [-0.15, -0.1) is 11.3 Å². The molecule has 1 unspecified atom stereocenters. The average molecular weight is 248 g/mol. The molecule has 1 N–H and O–H groups in total. The molecule has 0 fully saturated rings. The molecule has 6 heteroatoms. The number of aryl methyl sites for hydroxylation is 1. The minimum absolute atomic E-state index is 0.491. The Bertz CT molecular complexity index is 610. The van der Waals surface area contributed by atoms with Crippen molar-refractivity contribution < 1.29 is 5.11 Å². The van der Waals surface area contributed by atoms with Crippen LogP contribution in [0, 0.1) is 0 Å². The zero-order valence-electron chi connectivity index (χ0n) is 9.32. The summed E-state index contributed by atoms with van der Waals surface area (Å²) < 4.78 is 3.65. The second-order valence-corrected chi connectivity index (χ2v) is 4.83. The van der Waals surface area contributed by atoms with E-state index >= 15 is 0 Å². The van der Waals surface area contributed by atoms with Crippen molar-refractivity contribution in [2.45, 2.75) is 12.5 Å². The summed E-state index contributed by atoms with van der Waals surface area (Å²) in [4.78, 5) is 5.38. The van der Waals surface area contributed by atoms with E-state index in [9.17, 15) is 5.11 Å².